The maximum atomic E-state index is 13.1. The highest BCUT2D eigenvalue weighted by Crippen LogP contribution is 2.43. The second-order valence-corrected chi connectivity index (χ2v) is 8.52. The monoisotopic (exact) mass is 400 g/mol. The number of rotatable bonds is 8. The summed E-state index contributed by atoms with van der Waals surface area (Å²) < 4.78 is 13.2. The first-order valence-electron chi connectivity index (χ1n) is 10.9. The molecule has 2 saturated carbocycles. The Kier molecular flexibility index (Phi) is 6.15. The summed E-state index contributed by atoms with van der Waals surface area (Å²) in [5, 5.41) is 3.29. The number of aromatic nitrogens is 3. The van der Waals surface area contributed by atoms with E-state index in [2.05, 4.69) is 22.2 Å². The molecule has 7 heteroatoms. The fourth-order valence-electron chi connectivity index (χ4n) is 5.03. The van der Waals surface area contributed by atoms with Gasteiger partial charge in [0.1, 0.15) is 6.33 Å². The lowest BCUT2D eigenvalue weighted by Crippen LogP contribution is -2.46. The number of ether oxygens (including phenoxy) is 2. The number of imidazole rings is 1. The molecule has 2 aromatic heterocycles. The Morgan fingerprint density at radius 1 is 1.31 bits per heavy atom. The third-order valence-corrected chi connectivity index (χ3v) is 6.46. The van der Waals surface area contributed by atoms with Crippen molar-refractivity contribution in [3.63, 3.8) is 0 Å². The van der Waals surface area contributed by atoms with Crippen LogP contribution >= 0.6 is 0 Å². The highest BCUT2D eigenvalue weighted by Gasteiger charge is 2.44. The number of unbranched alkanes of at least 4 members (excludes halogenated alkanes) is 1. The standard InChI is InChI=1S/C22H32N4O3/c1-4-5-8-29-18-10-15-6-7-16(11-18)19(15)25-22(27)20-21-24-17(12-28-3)9-14(2)26(21)13-23-20/h9,13,15-16,18-19H,4-8,10-12H2,1-3H3,(H,25,27)/t15-,16+,18-,19+. The van der Waals surface area contributed by atoms with Gasteiger partial charge in [0.05, 0.1) is 18.4 Å². The average Bonchev–Trinajstić information content (AvgIpc) is 3.21. The third-order valence-electron chi connectivity index (χ3n) is 6.46. The number of fused-ring (bicyclic) bond motifs is 3. The molecule has 2 bridgehead atoms. The number of hydrogen-bond donors (Lipinski definition) is 1. The molecular weight excluding hydrogens is 368 g/mol. The lowest BCUT2D eigenvalue weighted by molar-refractivity contribution is -0.00121. The lowest BCUT2D eigenvalue weighted by atomic mass is 9.82. The minimum absolute atomic E-state index is 0.124. The van der Waals surface area contributed by atoms with Gasteiger partial charge < -0.3 is 14.8 Å². The van der Waals surface area contributed by atoms with Crippen LogP contribution < -0.4 is 5.32 Å². The van der Waals surface area contributed by atoms with Crippen LogP contribution in [0.15, 0.2) is 12.4 Å². The van der Waals surface area contributed by atoms with Gasteiger partial charge in [0.25, 0.3) is 5.91 Å². The number of aryl methyl sites for hydroxylation is 1. The molecule has 1 amide bonds. The van der Waals surface area contributed by atoms with Gasteiger partial charge in [-0.25, -0.2) is 9.97 Å². The summed E-state index contributed by atoms with van der Waals surface area (Å²) in [5.41, 5.74) is 2.78. The molecular formula is C22H32N4O3. The number of nitrogens with one attached hydrogen (secondary N) is 1. The van der Waals surface area contributed by atoms with Crippen molar-refractivity contribution < 1.29 is 14.3 Å². The molecule has 2 aliphatic rings. The summed E-state index contributed by atoms with van der Waals surface area (Å²) in [6, 6.07) is 2.17. The molecule has 0 spiro atoms. The summed E-state index contributed by atoms with van der Waals surface area (Å²) in [5.74, 6) is 0.870. The van der Waals surface area contributed by atoms with E-state index in [1.807, 2.05) is 17.4 Å². The van der Waals surface area contributed by atoms with E-state index in [1.165, 1.54) is 12.8 Å². The largest absolute Gasteiger partial charge is 0.378 e. The smallest absolute Gasteiger partial charge is 0.274 e. The van der Waals surface area contributed by atoms with E-state index in [4.69, 9.17) is 9.47 Å². The zero-order valence-electron chi connectivity index (χ0n) is 17.7. The first-order valence-corrected chi connectivity index (χ1v) is 10.9. The van der Waals surface area contributed by atoms with Gasteiger partial charge in [-0.05, 0) is 56.9 Å². The van der Waals surface area contributed by atoms with Crippen molar-refractivity contribution in [3.05, 3.63) is 29.5 Å². The Balaban J connectivity index is 1.46. The minimum Gasteiger partial charge on any atom is -0.378 e. The minimum atomic E-state index is -0.124. The van der Waals surface area contributed by atoms with Gasteiger partial charge in [0.2, 0.25) is 0 Å². The molecule has 0 saturated heterocycles. The number of hydrogen-bond acceptors (Lipinski definition) is 5. The van der Waals surface area contributed by atoms with Crippen molar-refractivity contribution in [2.45, 2.75) is 71.1 Å². The number of carbonyl (C=O) groups excluding carboxylic acids is 1. The quantitative estimate of drug-likeness (QED) is 0.688. The summed E-state index contributed by atoms with van der Waals surface area (Å²) in [6.45, 7) is 5.44. The van der Waals surface area contributed by atoms with Crippen LogP contribution in [0.1, 0.15) is 67.3 Å². The fourth-order valence-corrected chi connectivity index (χ4v) is 5.03. The van der Waals surface area contributed by atoms with E-state index in [9.17, 15) is 4.79 Å². The SMILES string of the molecule is CCCCO[C@@H]1C[C@H]2CC[C@@H](C1)[C@H]2NC(=O)c1ncn2c(C)cc(COC)nc12. The van der Waals surface area contributed by atoms with E-state index in [0.29, 0.717) is 35.9 Å². The van der Waals surface area contributed by atoms with Gasteiger partial charge in [-0.1, -0.05) is 13.3 Å². The fraction of sp³-hybridized carbons (Fsp3) is 0.682. The van der Waals surface area contributed by atoms with Crippen LogP contribution in [0.5, 0.6) is 0 Å². The number of methoxy groups -OCH3 is 1. The van der Waals surface area contributed by atoms with Gasteiger partial charge in [0, 0.05) is 25.5 Å². The maximum absolute atomic E-state index is 13.1. The molecule has 0 aromatic carbocycles. The zero-order valence-corrected chi connectivity index (χ0v) is 17.7. The van der Waals surface area contributed by atoms with Crippen LogP contribution in [0.2, 0.25) is 0 Å². The first kappa shape index (κ1) is 20.3. The molecule has 2 heterocycles. The van der Waals surface area contributed by atoms with Crippen molar-refractivity contribution in [1.29, 1.82) is 0 Å². The number of carbonyl (C=O) groups is 1. The highest BCUT2D eigenvalue weighted by molar-refractivity contribution is 5.98. The van der Waals surface area contributed by atoms with E-state index in [-0.39, 0.29) is 11.9 Å². The summed E-state index contributed by atoms with van der Waals surface area (Å²) in [4.78, 5) is 22.1. The van der Waals surface area contributed by atoms with Crippen molar-refractivity contribution in [3.8, 4) is 0 Å². The second-order valence-electron chi connectivity index (χ2n) is 8.52. The van der Waals surface area contributed by atoms with Gasteiger partial charge in [-0.15, -0.1) is 0 Å². The lowest BCUT2D eigenvalue weighted by Gasteiger charge is -2.35. The van der Waals surface area contributed by atoms with E-state index in [1.54, 1.807) is 13.4 Å². The van der Waals surface area contributed by atoms with Crippen LogP contribution in [0, 0.1) is 18.8 Å². The average molecular weight is 401 g/mol. The molecule has 0 radical (unpaired) electrons. The predicted octanol–water partition coefficient (Wildman–Crippen LogP) is 3.29. The molecule has 29 heavy (non-hydrogen) atoms. The van der Waals surface area contributed by atoms with Crippen molar-refractivity contribution >= 4 is 11.6 Å². The third kappa shape index (κ3) is 4.16. The molecule has 4 rings (SSSR count). The Labute approximate surface area is 172 Å². The molecule has 0 unspecified atom stereocenters. The summed E-state index contributed by atoms with van der Waals surface area (Å²) >= 11 is 0. The van der Waals surface area contributed by atoms with Crippen LogP contribution in [0.25, 0.3) is 5.65 Å². The Morgan fingerprint density at radius 2 is 2.07 bits per heavy atom. The molecule has 7 nitrogen and oxygen atoms in total. The Morgan fingerprint density at radius 3 is 2.76 bits per heavy atom. The molecule has 158 valence electrons. The van der Waals surface area contributed by atoms with Gasteiger partial charge in [0.15, 0.2) is 11.3 Å². The van der Waals surface area contributed by atoms with Gasteiger partial charge >= 0.3 is 0 Å². The Hall–Kier alpha value is -1.99. The van der Waals surface area contributed by atoms with Crippen LogP contribution in [-0.4, -0.2) is 46.1 Å². The Bertz CT molecular complexity index is 851. The molecule has 2 aliphatic carbocycles. The second kappa shape index (κ2) is 8.79. The van der Waals surface area contributed by atoms with Crippen molar-refractivity contribution in [2.24, 2.45) is 11.8 Å². The maximum Gasteiger partial charge on any atom is 0.274 e. The molecule has 1 N–H and O–H groups in total. The van der Waals surface area contributed by atoms with Crippen molar-refractivity contribution in [1.82, 2.24) is 19.7 Å². The van der Waals surface area contributed by atoms with Crippen LogP contribution in [0.4, 0.5) is 0 Å². The molecule has 4 atom stereocenters. The number of amides is 1. The molecule has 2 aromatic rings. The van der Waals surface area contributed by atoms with E-state index >= 15 is 0 Å². The first-order chi connectivity index (χ1) is 14.1. The van der Waals surface area contributed by atoms with Gasteiger partial charge in [-0.3, -0.25) is 9.20 Å². The van der Waals surface area contributed by atoms with E-state index < -0.39 is 0 Å². The molecule has 0 aliphatic heterocycles. The topological polar surface area (TPSA) is 77.8 Å². The zero-order chi connectivity index (χ0) is 20.4. The van der Waals surface area contributed by atoms with Crippen LogP contribution in [0.3, 0.4) is 0 Å². The summed E-state index contributed by atoms with van der Waals surface area (Å²) in [7, 11) is 1.64. The van der Waals surface area contributed by atoms with Crippen LogP contribution in [-0.2, 0) is 16.1 Å². The summed E-state index contributed by atoms with van der Waals surface area (Å²) in [6.07, 6.45) is 8.74. The number of nitrogens with zero attached hydrogens (tertiary/aromatic N) is 3. The van der Waals surface area contributed by atoms with E-state index in [0.717, 1.165) is 43.7 Å². The van der Waals surface area contributed by atoms with Gasteiger partial charge in [-0.2, -0.15) is 0 Å². The molecule has 2 fully saturated rings. The predicted molar refractivity (Wildman–Crippen MR) is 110 cm³/mol. The highest BCUT2D eigenvalue weighted by atomic mass is 16.5. The normalized spacial score (nSPS) is 26.2. The van der Waals surface area contributed by atoms with Crippen molar-refractivity contribution in [2.75, 3.05) is 13.7 Å².